The second kappa shape index (κ2) is 6.26. The van der Waals surface area contributed by atoms with Gasteiger partial charge in [0, 0.05) is 13.5 Å². The van der Waals surface area contributed by atoms with Crippen molar-refractivity contribution in [3.8, 4) is 5.75 Å². The summed E-state index contributed by atoms with van der Waals surface area (Å²) in [5.41, 5.74) is 0.553. The van der Waals surface area contributed by atoms with Gasteiger partial charge in [-0.3, -0.25) is 0 Å². The minimum atomic E-state index is -4.65. The first kappa shape index (κ1) is 16.1. The number of hydrogen-bond donors (Lipinski definition) is 0. The Morgan fingerprint density at radius 2 is 1.90 bits per heavy atom. The van der Waals surface area contributed by atoms with Gasteiger partial charge >= 0.3 is 6.36 Å². The van der Waals surface area contributed by atoms with Crippen LogP contribution in [-0.2, 0) is 11.2 Å². The van der Waals surface area contributed by atoms with Crippen LogP contribution in [0.5, 0.6) is 5.75 Å². The van der Waals surface area contributed by atoms with E-state index in [1.807, 2.05) is 6.07 Å². The minimum Gasteiger partial charge on any atom is -0.406 e. The molecule has 0 aromatic heterocycles. The van der Waals surface area contributed by atoms with Crippen LogP contribution in [0.3, 0.4) is 0 Å². The van der Waals surface area contributed by atoms with Gasteiger partial charge in [-0.05, 0) is 49.3 Å². The van der Waals surface area contributed by atoms with Crippen molar-refractivity contribution in [3.05, 3.63) is 29.8 Å². The monoisotopic (exact) mass is 302 g/mol. The third-order valence-electron chi connectivity index (χ3n) is 4.28. The Labute approximate surface area is 123 Å². The molecule has 1 fully saturated rings. The molecule has 1 aliphatic carbocycles. The molecule has 0 bridgehead atoms. The highest BCUT2D eigenvalue weighted by molar-refractivity contribution is 5.29. The predicted molar refractivity (Wildman–Crippen MR) is 74.2 cm³/mol. The number of rotatable bonds is 4. The Balaban J connectivity index is 2.09. The lowest BCUT2D eigenvalue weighted by Gasteiger charge is -2.38. The maximum atomic E-state index is 12.3. The smallest absolute Gasteiger partial charge is 0.406 e. The van der Waals surface area contributed by atoms with E-state index in [2.05, 4.69) is 11.7 Å². The molecule has 0 heterocycles. The largest absolute Gasteiger partial charge is 0.573 e. The van der Waals surface area contributed by atoms with Crippen LogP contribution >= 0.6 is 0 Å². The van der Waals surface area contributed by atoms with Crippen molar-refractivity contribution in [2.75, 3.05) is 7.11 Å². The Bertz CT molecular complexity index is 463. The molecule has 0 radical (unpaired) electrons. The lowest BCUT2D eigenvalue weighted by atomic mass is 9.76. The molecule has 0 unspecified atom stereocenters. The molecule has 0 atom stereocenters. The van der Waals surface area contributed by atoms with Gasteiger partial charge < -0.3 is 9.47 Å². The third kappa shape index (κ3) is 4.63. The average molecular weight is 302 g/mol. The predicted octanol–water partition coefficient (Wildman–Crippen LogP) is 4.72. The van der Waals surface area contributed by atoms with Gasteiger partial charge in [0.2, 0.25) is 0 Å². The number of hydrogen-bond acceptors (Lipinski definition) is 2. The van der Waals surface area contributed by atoms with Crippen LogP contribution in [0.4, 0.5) is 13.2 Å². The molecule has 2 rings (SSSR count). The van der Waals surface area contributed by atoms with Crippen LogP contribution in [-0.4, -0.2) is 19.1 Å². The summed E-state index contributed by atoms with van der Waals surface area (Å²) >= 11 is 0. The van der Waals surface area contributed by atoms with E-state index in [9.17, 15) is 13.2 Å². The van der Waals surface area contributed by atoms with E-state index in [1.54, 1.807) is 13.2 Å². The van der Waals surface area contributed by atoms with E-state index >= 15 is 0 Å². The number of halogens is 3. The van der Waals surface area contributed by atoms with E-state index < -0.39 is 6.36 Å². The quantitative estimate of drug-likeness (QED) is 0.801. The van der Waals surface area contributed by atoms with Crippen molar-refractivity contribution in [2.45, 2.75) is 51.0 Å². The molecule has 21 heavy (non-hydrogen) atoms. The zero-order valence-corrected chi connectivity index (χ0v) is 12.4. The van der Waals surface area contributed by atoms with Crippen LogP contribution in [0.1, 0.15) is 38.2 Å². The second-order valence-electron chi connectivity index (χ2n) is 5.94. The molecule has 1 aromatic carbocycles. The van der Waals surface area contributed by atoms with Crippen molar-refractivity contribution in [1.82, 2.24) is 0 Å². The number of alkyl halides is 3. The zero-order valence-electron chi connectivity index (χ0n) is 12.4. The Morgan fingerprint density at radius 3 is 2.48 bits per heavy atom. The highest BCUT2D eigenvalue weighted by atomic mass is 19.4. The van der Waals surface area contributed by atoms with Crippen molar-refractivity contribution in [1.29, 1.82) is 0 Å². The lowest BCUT2D eigenvalue weighted by molar-refractivity contribution is -0.274. The SMILES string of the molecule is COC1(Cc2cccc(OC(F)(F)F)c2)CCC(C)CC1. The highest BCUT2D eigenvalue weighted by Gasteiger charge is 2.35. The van der Waals surface area contributed by atoms with Gasteiger partial charge in [-0.1, -0.05) is 19.1 Å². The molecular formula is C16H21F3O2. The van der Waals surface area contributed by atoms with Gasteiger partial charge in [0.05, 0.1) is 5.60 Å². The standard InChI is InChI=1S/C16H21F3O2/c1-12-6-8-15(20-2,9-7-12)11-13-4-3-5-14(10-13)21-16(17,18)19/h3-5,10,12H,6-9,11H2,1-2H3. The highest BCUT2D eigenvalue weighted by Crippen LogP contribution is 2.37. The van der Waals surface area contributed by atoms with E-state index in [4.69, 9.17) is 4.74 Å². The second-order valence-corrected chi connectivity index (χ2v) is 5.94. The van der Waals surface area contributed by atoms with Crippen molar-refractivity contribution in [2.24, 2.45) is 5.92 Å². The van der Waals surface area contributed by atoms with Gasteiger partial charge in [0.1, 0.15) is 5.75 Å². The van der Waals surface area contributed by atoms with Gasteiger partial charge in [0.25, 0.3) is 0 Å². The third-order valence-corrected chi connectivity index (χ3v) is 4.28. The van der Waals surface area contributed by atoms with Gasteiger partial charge in [-0.2, -0.15) is 0 Å². The number of methoxy groups -OCH3 is 1. The molecule has 118 valence electrons. The summed E-state index contributed by atoms with van der Waals surface area (Å²) in [7, 11) is 1.69. The Kier molecular flexibility index (Phi) is 4.81. The number of ether oxygens (including phenoxy) is 2. The molecule has 0 spiro atoms. The van der Waals surface area contributed by atoms with E-state index in [0.717, 1.165) is 31.2 Å². The Hall–Kier alpha value is -1.23. The molecule has 5 heteroatoms. The first-order chi connectivity index (χ1) is 9.82. The van der Waals surface area contributed by atoms with Crippen LogP contribution in [0, 0.1) is 5.92 Å². The zero-order chi connectivity index (χ0) is 15.5. The summed E-state index contributed by atoms with van der Waals surface area (Å²) in [4.78, 5) is 0. The summed E-state index contributed by atoms with van der Waals surface area (Å²) in [6.07, 6.45) is 0.0202. The Morgan fingerprint density at radius 1 is 1.24 bits per heavy atom. The van der Waals surface area contributed by atoms with Crippen LogP contribution < -0.4 is 4.74 Å². The molecule has 1 aromatic rings. The molecule has 0 amide bonds. The van der Waals surface area contributed by atoms with E-state index in [0.29, 0.717) is 12.3 Å². The summed E-state index contributed by atoms with van der Waals surface area (Å²) in [6, 6.07) is 6.18. The van der Waals surface area contributed by atoms with Crippen molar-refractivity contribution in [3.63, 3.8) is 0 Å². The molecular weight excluding hydrogens is 281 g/mol. The average Bonchev–Trinajstić information content (AvgIpc) is 2.40. The topological polar surface area (TPSA) is 18.5 Å². The van der Waals surface area contributed by atoms with Crippen molar-refractivity contribution < 1.29 is 22.6 Å². The molecule has 0 saturated heterocycles. The molecule has 1 aliphatic rings. The summed E-state index contributed by atoms with van der Waals surface area (Å²) in [6.45, 7) is 2.22. The van der Waals surface area contributed by atoms with Crippen LogP contribution in [0.25, 0.3) is 0 Å². The maximum Gasteiger partial charge on any atom is 0.573 e. The molecule has 2 nitrogen and oxygen atoms in total. The summed E-state index contributed by atoms with van der Waals surface area (Å²) < 4.78 is 46.5. The van der Waals surface area contributed by atoms with E-state index in [1.165, 1.54) is 12.1 Å². The summed E-state index contributed by atoms with van der Waals surface area (Å²) in [5, 5.41) is 0. The van der Waals surface area contributed by atoms with Gasteiger partial charge in [-0.15, -0.1) is 13.2 Å². The fraction of sp³-hybridized carbons (Fsp3) is 0.625. The normalized spacial score (nSPS) is 26.6. The van der Waals surface area contributed by atoms with Gasteiger partial charge in [0.15, 0.2) is 0 Å². The molecule has 1 saturated carbocycles. The molecule has 0 aliphatic heterocycles. The van der Waals surface area contributed by atoms with Gasteiger partial charge in [-0.25, -0.2) is 0 Å². The fourth-order valence-corrected chi connectivity index (χ4v) is 2.97. The fourth-order valence-electron chi connectivity index (χ4n) is 2.97. The van der Waals surface area contributed by atoms with Crippen molar-refractivity contribution >= 4 is 0 Å². The summed E-state index contributed by atoms with van der Waals surface area (Å²) in [5.74, 6) is 0.517. The first-order valence-corrected chi connectivity index (χ1v) is 7.22. The first-order valence-electron chi connectivity index (χ1n) is 7.22. The van der Waals surface area contributed by atoms with E-state index in [-0.39, 0.29) is 11.4 Å². The number of benzene rings is 1. The van der Waals surface area contributed by atoms with Crippen LogP contribution in [0.2, 0.25) is 0 Å². The van der Waals surface area contributed by atoms with Crippen LogP contribution in [0.15, 0.2) is 24.3 Å². The lowest BCUT2D eigenvalue weighted by Crippen LogP contribution is -2.38. The molecule has 0 N–H and O–H groups in total. The minimum absolute atomic E-state index is 0.171. The maximum absolute atomic E-state index is 12.3.